The summed E-state index contributed by atoms with van der Waals surface area (Å²) in [6.45, 7) is 3.29. The number of aromatic nitrogens is 4. The van der Waals surface area contributed by atoms with Crippen LogP contribution in [0.1, 0.15) is 30.0 Å². The number of rotatable bonds is 4. The molecule has 3 heterocycles. The second-order valence-corrected chi connectivity index (χ2v) is 8.30. The molecule has 1 aliphatic rings. The molecule has 3 rings (SSSR count). The topological polar surface area (TPSA) is 101 Å². The Morgan fingerprint density at radius 3 is 2.88 bits per heavy atom. The van der Waals surface area contributed by atoms with Crippen molar-refractivity contribution in [2.75, 3.05) is 19.3 Å². The largest absolute Gasteiger partial charge is 0.340 e. The number of aromatic amines is 1. The fourth-order valence-electron chi connectivity index (χ4n) is 3.10. The van der Waals surface area contributed by atoms with Crippen molar-refractivity contribution in [3.63, 3.8) is 0 Å². The summed E-state index contributed by atoms with van der Waals surface area (Å²) in [4.78, 5) is 14.5. The van der Waals surface area contributed by atoms with Gasteiger partial charge in [-0.2, -0.15) is 10.2 Å². The minimum absolute atomic E-state index is 0.0109. The Hall–Kier alpha value is -2.16. The molecular formula is C15H21N5O3S. The molecule has 1 N–H and O–H groups in total. The molecule has 2 aromatic heterocycles. The summed E-state index contributed by atoms with van der Waals surface area (Å²) in [5.41, 5.74) is 1.61. The van der Waals surface area contributed by atoms with E-state index in [0.717, 1.165) is 18.4 Å². The van der Waals surface area contributed by atoms with Gasteiger partial charge in [0, 0.05) is 31.5 Å². The Balaban J connectivity index is 1.73. The summed E-state index contributed by atoms with van der Waals surface area (Å²) in [6, 6.07) is 0. The molecule has 1 amide bonds. The fraction of sp³-hybridized carbons (Fsp3) is 0.533. The molecule has 2 aromatic rings. The van der Waals surface area contributed by atoms with E-state index < -0.39 is 9.84 Å². The van der Waals surface area contributed by atoms with Crippen LogP contribution >= 0.6 is 0 Å². The first-order valence-electron chi connectivity index (χ1n) is 7.85. The SMILES string of the molecule is Cc1cnn(CC(=O)N2CCCC(c3[nH]ncc3S(C)(=O)=O)C2)c1. The van der Waals surface area contributed by atoms with Crippen molar-refractivity contribution in [1.29, 1.82) is 0 Å². The third kappa shape index (κ3) is 3.50. The van der Waals surface area contributed by atoms with Crippen molar-refractivity contribution < 1.29 is 13.2 Å². The van der Waals surface area contributed by atoms with Crippen LogP contribution in [-0.4, -0.2) is 58.5 Å². The number of hydrogen-bond acceptors (Lipinski definition) is 5. The van der Waals surface area contributed by atoms with Crippen LogP contribution in [0.3, 0.4) is 0 Å². The number of sulfone groups is 1. The maximum absolute atomic E-state index is 12.5. The lowest BCUT2D eigenvalue weighted by Crippen LogP contribution is -2.41. The van der Waals surface area contributed by atoms with E-state index in [4.69, 9.17) is 0 Å². The predicted molar refractivity (Wildman–Crippen MR) is 87.2 cm³/mol. The highest BCUT2D eigenvalue weighted by Crippen LogP contribution is 2.29. The van der Waals surface area contributed by atoms with Crippen LogP contribution in [0.2, 0.25) is 0 Å². The van der Waals surface area contributed by atoms with Gasteiger partial charge in [0.2, 0.25) is 5.91 Å². The van der Waals surface area contributed by atoms with E-state index in [1.165, 1.54) is 12.5 Å². The molecule has 1 aliphatic heterocycles. The summed E-state index contributed by atoms with van der Waals surface area (Å²) in [5.74, 6) is -0.0579. The predicted octanol–water partition coefficient (Wildman–Crippen LogP) is 0.724. The average Bonchev–Trinajstić information content (AvgIpc) is 3.16. The average molecular weight is 351 g/mol. The number of likely N-dealkylation sites (tertiary alicyclic amines) is 1. The van der Waals surface area contributed by atoms with Gasteiger partial charge in [0.15, 0.2) is 9.84 Å². The van der Waals surface area contributed by atoms with Gasteiger partial charge in [0.25, 0.3) is 0 Å². The van der Waals surface area contributed by atoms with Crippen LogP contribution in [0.5, 0.6) is 0 Å². The third-order valence-electron chi connectivity index (χ3n) is 4.27. The molecule has 0 saturated carbocycles. The van der Waals surface area contributed by atoms with Crippen LogP contribution in [-0.2, 0) is 21.2 Å². The highest BCUT2D eigenvalue weighted by atomic mass is 32.2. The van der Waals surface area contributed by atoms with Gasteiger partial charge in [0.05, 0.1) is 18.1 Å². The van der Waals surface area contributed by atoms with Crippen molar-refractivity contribution in [1.82, 2.24) is 24.9 Å². The van der Waals surface area contributed by atoms with Crippen LogP contribution < -0.4 is 0 Å². The Bertz CT molecular complexity index is 839. The highest BCUT2D eigenvalue weighted by Gasteiger charge is 2.29. The normalized spacial score (nSPS) is 18.8. The van der Waals surface area contributed by atoms with Gasteiger partial charge in [-0.1, -0.05) is 0 Å². The lowest BCUT2D eigenvalue weighted by Gasteiger charge is -2.32. The van der Waals surface area contributed by atoms with E-state index in [1.54, 1.807) is 15.8 Å². The monoisotopic (exact) mass is 351 g/mol. The second-order valence-electron chi connectivity index (χ2n) is 6.31. The molecule has 0 spiro atoms. The van der Waals surface area contributed by atoms with E-state index in [9.17, 15) is 13.2 Å². The Kier molecular flexibility index (Phi) is 4.44. The van der Waals surface area contributed by atoms with Gasteiger partial charge in [-0.05, 0) is 25.3 Å². The van der Waals surface area contributed by atoms with E-state index in [0.29, 0.717) is 18.8 Å². The van der Waals surface area contributed by atoms with Crippen molar-refractivity contribution in [2.45, 2.75) is 37.1 Å². The Morgan fingerprint density at radius 2 is 2.21 bits per heavy atom. The quantitative estimate of drug-likeness (QED) is 0.875. The first-order valence-corrected chi connectivity index (χ1v) is 9.74. The van der Waals surface area contributed by atoms with E-state index >= 15 is 0 Å². The summed E-state index contributed by atoms with van der Waals surface area (Å²) >= 11 is 0. The summed E-state index contributed by atoms with van der Waals surface area (Å²) in [7, 11) is -3.33. The first-order chi connectivity index (χ1) is 11.3. The van der Waals surface area contributed by atoms with E-state index in [2.05, 4.69) is 15.3 Å². The smallest absolute Gasteiger partial charge is 0.244 e. The molecular weight excluding hydrogens is 330 g/mol. The van der Waals surface area contributed by atoms with Gasteiger partial charge in [-0.15, -0.1) is 0 Å². The van der Waals surface area contributed by atoms with Crippen LogP contribution in [0, 0.1) is 6.92 Å². The zero-order valence-corrected chi connectivity index (χ0v) is 14.6. The number of hydrogen-bond donors (Lipinski definition) is 1. The van der Waals surface area contributed by atoms with Gasteiger partial charge in [-0.25, -0.2) is 8.42 Å². The van der Waals surface area contributed by atoms with Gasteiger partial charge in [-0.3, -0.25) is 14.6 Å². The standard InChI is InChI=1S/C15H21N5O3S/c1-11-6-17-20(8-11)10-14(21)19-5-3-4-12(9-19)15-13(7-16-18-15)24(2,22)23/h6-8,12H,3-5,9-10H2,1-2H3,(H,16,18). The van der Waals surface area contributed by atoms with E-state index in [-0.39, 0.29) is 23.3 Å². The van der Waals surface area contributed by atoms with E-state index in [1.807, 2.05) is 13.1 Å². The lowest BCUT2D eigenvalue weighted by molar-refractivity contribution is -0.133. The third-order valence-corrected chi connectivity index (χ3v) is 5.40. The minimum Gasteiger partial charge on any atom is -0.340 e. The molecule has 9 heteroatoms. The number of H-pyrrole nitrogens is 1. The molecule has 130 valence electrons. The molecule has 0 aromatic carbocycles. The molecule has 1 unspecified atom stereocenters. The van der Waals surface area contributed by atoms with Crippen LogP contribution in [0.4, 0.5) is 0 Å². The number of nitrogens with zero attached hydrogens (tertiary/aromatic N) is 4. The summed E-state index contributed by atoms with van der Waals surface area (Å²) in [5, 5.41) is 10.8. The van der Waals surface area contributed by atoms with Crippen molar-refractivity contribution in [2.24, 2.45) is 0 Å². The number of carbonyl (C=O) groups excluding carboxylic acids is 1. The molecule has 0 radical (unpaired) electrons. The Morgan fingerprint density at radius 1 is 1.42 bits per heavy atom. The molecule has 24 heavy (non-hydrogen) atoms. The van der Waals surface area contributed by atoms with Crippen LogP contribution in [0.15, 0.2) is 23.5 Å². The lowest BCUT2D eigenvalue weighted by atomic mass is 9.95. The van der Waals surface area contributed by atoms with Crippen LogP contribution in [0.25, 0.3) is 0 Å². The maximum atomic E-state index is 12.5. The minimum atomic E-state index is -3.33. The Labute approximate surface area is 140 Å². The summed E-state index contributed by atoms with van der Waals surface area (Å²) in [6.07, 6.45) is 7.72. The zero-order chi connectivity index (χ0) is 17.3. The van der Waals surface area contributed by atoms with Crippen molar-refractivity contribution >= 4 is 15.7 Å². The molecule has 1 saturated heterocycles. The molecule has 8 nitrogen and oxygen atoms in total. The first kappa shape index (κ1) is 16.7. The van der Waals surface area contributed by atoms with Crippen molar-refractivity contribution in [3.8, 4) is 0 Å². The van der Waals surface area contributed by atoms with Gasteiger partial charge >= 0.3 is 0 Å². The molecule has 0 bridgehead atoms. The number of carbonyl (C=O) groups is 1. The zero-order valence-electron chi connectivity index (χ0n) is 13.8. The molecule has 0 aliphatic carbocycles. The second kappa shape index (κ2) is 6.39. The number of nitrogens with one attached hydrogen (secondary N) is 1. The number of aryl methyl sites for hydroxylation is 1. The van der Waals surface area contributed by atoms with Gasteiger partial charge in [0.1, 0.15) is 11.4 Å². The van der Waals surface area contributed by atoms with Gasteiger partial charge < -0.3 is 4.90 Å². The molecule has 1 fully saturated rings. The van der Waals surface area contributed by atoms with Crippen molar-refractivity contribution in [3.05, 3.63) is 29.8 Å². The number of amides is 1. The molecule has 1 atom stereocenters. The fourth-order valence-corrected chi connectivity index (χ4v) is 3.96. The summed E-state index contributed by atoms with van der Waals surface area (Å²) < 4.78 is 25.4. The number of piperidine rings is 1. The highest BCUT2D eigenvalue weighted by molar-refractivity contribution is 7.90. The maximum Gasteiger partial charge on any atom is 0.244 e.